The third-order valence-electron chi connectivity index (χ3n) is 5.31. The van der Waals surface area contributed by atoms with Crippen LogP contribution in [0.3, 0.4) is 0 Å². The number of alkyl halides is 2. The second-order valence-electron chi connectivity index (χ2n) is 8.09. The number of hydrogen-bond donors (Lipinski definition) is 0. The highest BCUT2D eigenvalue weighted by Crippen LogP contribution is 2.25. The number of hydrogen-bond acceptors (Lipinski definition) is 2. The van der Waals surface area contributed by atoms with Gasteiger partial charge in [0, 0.05) is 22.2 Å². The van der Waals surface area contributed by atoms with E-state index in [1.54, 1.807) is 0 Å². The van der Waals surface area contributed by atoms with E-state index in [0.29, 0.717) is 0 Å². The molecule has 0 N–H and O–H groups in total. The van der Waals surface area contributed by atoms with Gasteiger partial charge in [0.25, 0.3) is 0 Å². The Morgan fingerprint density at radius 3 is 0.750 bits per heavy atom. The van der Waals surface area contributed by atoms with E-state index in [1.807, 2.05) is 0 Å². The van der Waals surface area contributed by atoms with E-state index in [2.05, 4.69) is 53.4 Å². The smallest absolute Gasteiger partial charge is 0.00369 e. The average Bonchev–Trinajstić information content (AvgIpc) is 2.71. The molecule has 0 heterocycles. The molecule has 0 nitrogen and oxygen atoms in total. The van der Waals surface area contributed by atoms with Crippen molar-refractivity contribution >= 4 is 53.4 Å². The van der Waals surface area contributed by atoms with Gasteiger partial charge in [0.2, 0.25) is 0 Å². The molecule has 0 amide bonds. The zero-order valence-electron chi connectivity index (χ0n) is 18.5. The monoisotopic (exact) mass is 558 g/mol. The lowest BCUT2D eigenvalue weighted by atomic mass is 10.1. The predicted octanol–water partition coefficient (Wildman–Crippen LogP) is 11.0. The summed E-state index contributed by atoms with van der Waals surface area (Å²) in [6.07, 6.45) is 28.8. The molecule has 0 atom stereocenters. The fourth-order valence-electron chi connectivity index (χ4n) is 3.46. The fourth-order valence-corrected chi connectivity index (χ4v) is 6.54. The molecule has 0 aromatic carbocycles. The third-order valence-corrected chi connectivity index (χ3v) is 9.00. The molecule has 0 radical (unpaired) electrons. The highest BCUT2D eigenvalue weighted by atomic mass is 79.9. The summed E-state index contributed by atoms with van der Waals surface area (Å²) >= 11 is 7.02. The topological polar surface area (TPSA) is 0 Å². The molecule has 0 aromatic heterocycles. The Labute approximate surface area is 203 Å². The van der Waals surface area contributed by atoms with Crippen LogP contribution in [0.2, 0.25) is 0 Å². The summed E-state index contributed by atoms with van der Waals surface area (Å²) in [7, 11) is 4.25. The summed E-state index contributed by atoms with van der Waals surface area (Å²) in [5, 5.41) is 2.36. The first kappa shape index (κ1) is 29.7. The van der Waals surface area contributed by atoms with Crippen LogP contribution in [-0.2, 0) is 0 Å². The molecule has 0 saturated heterocycles. The summed E-state index contributed by atoms with van der Waals surface area (Å²) in [5.74, 6) is 2.73. The lowest BCUT2D eigenvalue weighted by Gasteiger charge is -2.04. The second-order valence-corrected chi connectivity index (χ2v) is 12.4. The van der Waals surface area contributed by atoms with E-state index in [1.165, 1.54) is 151 Å². The summed E-state index contributed by atoms with van der Waals surface area (Å²) in [6.45, 7) is 0. The fraction of sp³-hybridized carbons (Fsp3) is 1.00. The van der Waals surface area contributed by atoms with Crippen molar-refractivity contribution in [3.63, 3.8) is 0 Å². The van der Waals surface area contributed by atoms with E-state index in [-0.39, 0.29) is 0 Å². The standard InChI is InChI=1S/C24H48Br2S2/c25-21-17-13-9-5-1-3-7-11-15-19-23-27-28-24-20-16-12-8-4-2-6-10-14-18-22-26/h1-24H2. The third kappa shape index (κ3) is 27.7. The largest absolute Gasteiger partial charge is 0.0942 e. The second kappa shape index (κ2) is 28.7. The highest BCUT2D eigenvalue weighted by Gasteiger charge is 1.96. The zero-order valence-corrected chi connectivity index (χ0v) is 23.3. The van der Waals surface area contributed by atoms with Gasteiger partial charge in [-0.3, -0.25) is 0 Å². The van der Waals surface area contributed by atoms with E-state index in [4.69, 9.17) is 0 Å². The average molecular weight is 561 g/mol. The van der Waals surface area contributed by atoms with Crippen molar-refractivity contribution in [1.29, 1.82) is 0 Å². The summed E-state index contributed by atoms with van der Waals surface area (Å²) in [4.78, 5) is 0. The van der Waals surface area contributed by atoms with Crippen LogP contribution in [-0.4, -0.2) is 22.2 Å². The van der Waals surface area contributed by atoms with Gasteiger partial charge < -0.3 is 0 Å². The van der Waals surface area contributed by atoms with Crippen LogP contribution in [0, 0.1) is 0 Å². The Hall–Kier alpha value is 1.66. The number of unbranched alkanes of at least 4 members (excludes halogenated alkanes) is 18. The van der Waals surface area contributed by atoms with E-state index in [0.717, 1.165) is 0 Å². The van der Waals surface area contributed by atoms with Crippen LogP contribution in [0.5, 0.6) is 0 Å². The first-order chi connectivity index (χ1) is 13.9. The molecule has 0 aliphatic heterocycles. The Kier molecular flexibility index (Phi) is 30.4. The van der Waals surface area contributed by atoms with Crippen molar-refractivity contribution in [2.75, 3.05) is 22.2 Å². The van der Waals surface area contributed by atoms with Crippen LogP contribution in [0.15, 0.2) is 0 Å². The van der Waals surface area contributed by atoms with Crippen LogP contribution in [0.4, 0.5) is 0 Å². The van der Waals surface area contributed by atoms with Crippen molar-refractivity contribution in [3.05, 3.63) is 0 Å². The van der Waals surface area contributed by atoms with Crippen LogP contribution in [0.1, 0.15) is 128 Å². The lowest BCUT2D eigenvalue weighted by molar-refractivity contribution is 0.564. The number of halogens is 2. The molecule has 0 spiro atoms. The maximum Gasteiger partial charge on any atom is 0.00369 e. The Morgan fingerprint density at radius 2 is 0.500 bits per heavy atom. The predicted molar refractivity (Wildman–Crippen MR) is 145 cm³/mol. The van der Waals surface area contributed by atoms with Crippen molar-refractivity contribution < 1.29 is 0 Å². The van der Waals surface area contributed by atoms with Crippen molar-refractivity contribution in [1.82, 2.24) is 0 Å². The van der Waals surface area contributed by atoms with Gasteiger partial charge in [-0.15, -0.1) is 0 Å². The molecule has 0 unspecified atom stereocenters. The van der Waals surface area contributed by atoms with Gasteiger partial charge in [0.05, 0.1) is 0 Å². The lowest BCUT2D eigenvalue weighted by Crippen LogP contribution is -1.85. The first-order valence-electron chi connectivity index (χ1n) is 12.3. The summed E-state index contributed by atoms with van der Waals surface area (Å²) in [6, 6.07) is 0. The molecule has 0 fully saturated rings. The van der Waals surface area contributed by atoms with Crippen molar-refractivity contribution in [3.8, 4) is 0 Å². The maximum atomic E-state index is 3.51. The van der Waals surface area contributed by atoms with Gasteiger partial charge >= 0.3 is 0 Å². The van der Waals surface area contributed by atoms with Crippen molar-refractivity contribution in [2.24, 2.45) is 0 Å². The molecule has 0 rings (SSSR count). The van der Waals surface area contributed by atoms with Crippen LogP contribution >= 0.6 is 53.4 Å². The minimum atomic E-state index is 1.18. The molecule has 0 saturated carbocycles. The van der Waals surface area contributed by atoms with E-state index >= 15 is 0 Å². The highest BCUT2D eigenvalue weighted by molar-refractivity contribution is 9.09. The Balaban J connectivity index is 2.96. The molecule has 0 aliphatic rings. The van der Waals surface area contributed by atoms with Crippen LogP contribution < -0.4 is 0 Å². The van der Waals surface area contributed by atoms with Gasteiger partial charge in [-0.1, -0.05) is 156 Å². The van der Waals surface area contributed by atoms with Gasteiger partial charge in [-0.25, -0.2) is 0 Å². The van der Waals surface area contributed by atoms with Crippen molar-refractivity contribution in [2.45, 2.75) is 128 Å². The maximum absolute atomic E-state index is 3.51. The molecular weight excluding hydrogens is 512 g/mol. The minimum Gasteiger partial charge on any atom is -0.0942 e. The Bertz CT molecular complexity index is 239. The van der Waals surface area contributed by atoms with E-state index < -0.39 is 0 Å². The molecule has 4 heteroatoms. The first-order valence-corrected chi connectivity index (χ1v) is 17.0. The molecule has 0 aromatic rings. The molecule has 170 valence electrons. The van der Waals surface area contributed by atoms with Gasteiger partial charge in [-0.05, 0) is 25.7 Å². The van der Waals surface area contributed by atoms with E-state index in [9.17, 15) is 0 Å². The number of rotatable bonds is 25. The summed E-state index contributed by atoms with van der Waals surface area (Å²) in [5.41, 5.74) is 0. The molecule has 0 aliphatic carbocycles. The quantitative estimate of drug-likeness (QED) is 0.0619. The zero-order chi connectivity index (χ0) is 20.4. The molecule has 28 heavy (non-hydrogen) atoms. The SMILES string of the molecule is BrCCCCCCCCCCCCSSCCCCCCCCCCCCBr. The van der Waals surface area contributed by atoms with Gasteiger partial charge in [0.1, 0.15) is 0 Å². The van der Waals surface area contributed by atoms with Crippen LogP contribution in [0.25, 0.3) is 0 Å². The normalized spacial score (nSPS) is 11.4. The van der Waals surface area contributed by atoms with Gasteiger partial charge in [0.15, 0.2) is 0 Å². The van der Waals surface area contributed by atoms with Gasteiger partial charge in [-0.2, -0.15) is 0 Å². The molecule has 0 bridgehead atoms. The minimum absolute atomic E-state index is 1.18. The summed E-state index contributed by atoms with van der Waals surface area (Å²) < 4.78 is 0. The molecular formula is C24H48Br2S2. The Morgan fingerprint density at radius 1 is 0.286 bits per heavy atom.